The van der Waals surface area contributed by atoms with E-state index in [1.807, 2.05) is 13.8 Å². The summed E-state index contributed by atoms with van der Waals surface area (Å²) in [5, 5.41) is 10.6. The van der Waals surface area contributed by atoms with Crippen LogP contribution < -0.4 is 5.32 Å². The molecule has 0 amide bonds. The van der Waals surface area contributed by atoms with Crippen molar-refractivity contribution in [3.05, 3.63) is 17.8 Å². The Morgan fingerprint density at radius 2 is 2.18 bits per heavy atom. The van der Waals surface area contributed by atoms with E-state index in [9.17, 15) is 4.79 Å². The zero-order valence-corrected chi connectivity index (χ0v) is 10.3. The molecular weight excluding hydrogens is 222 g/mol. The number of esters is 1. The predicted octanol–water partition coefficient (Wildman–Crippen LogP) is 1.10. The molecule has 1 heterocycles. The molecule has 0 spiro atoms. The second kappa shape index (κ2) is 6.80. The third-order valence-electron chi connectivity index (χ3n) is 1.92. The SMILES string of the molecule is COC(=O)c1ccc(NCCOC(C)C)nn1. The van der Waals surface area contributed by atoms with Crippen molar-refractivity contribution in [3.8, 4) is 0 Å². The van der Waals surface area contributed by atoms with Gasteiger partial charge in [-0.05, 0) is 26.0 Å². The van der Waals surface area contributed by atoms with Gasteiger partial charge in [-0.1, -0.05) is 0 Å². The molecule has 0 unspecified atom stereocenters. The van der Waals surface area contributed by atoms with Gasteiger partial charge in [0, 0.05) is 6.54 Å². The van der Waals surface area contributed by atoms with Gasteiger partial charge in [-0.2, -0.15) is 0 Å². The number of carbonyl (C=O) groups excluding carboxylic acids is 1. The molecule has 1 aromatic heterocycles. The number of rotatable bonds is 6. The summed E-state index contributed by atoms with van der Waals surface area (Å²) in [6, 6.07) is 3.24. The summed E-state index contributed by atoms with van der Waals surface area (Å²) >= 11 is 0. The summed E-state index contributed by atoms with van der Waals surface area (Å²) in [6.45, 7) is 5.19. The highest BCUT2D eigenvalue weighted by atomic mass is 16.5. The number of carbonyl (C=O) groups is 1. The van der Waals surface area contributed by atoms with Crippen molar-refractivity contribution in [2.24, 2.45) is 0 Å². The summed E-state index contributed by atoms with van der Waals surface area (Å²) in [4.78, 5) is 11.1. The van der Waals surface area contributed by atoms with Crippen molar-refractivity contribution in [1.82, 2.24) is 10.2 Å². The average molecular weight is 239 g/mol. The van der Waals surface area contributed by atoms with Crippen LogP contribution in [0.15, 0.2) is 12.1 Å². The molecule has 0 saturated carbocycles. The van der Waals surface area contributed by atoms with E-state index in [-0.39, 0.29) is 11.8 Å². The minimum atomic E-state index is -0.493. The lowest BCUT2D eigenvalue weighted by molar-refractivity contribution is 0.0592. The lowest BCUT2D eigenvalue weighted by Gasteiger charge is -2.08. The zero-order valence-electron chi connectivity index (χ0n) is 10.3. The third-order valence-corrected chi connectivity index (χ3v) is 1.92. The molecule has 0 fully saturated rings. The van der Waals surface area contributed by atoms with Crippen LogP contribution in [-0.2, 0) is 9.47 Å². The number of anilines is 1. The van der Waals surface area contributed by atoms with Crippen molar-refractivity contribution in [1.29, 1.82) is 0 Å². The Labute approximate surface area is 100 Å². The van der Waals surface area contributed by atoms with E-state index in [0.29, 0.717) is 19.0 Å². The van der Waals surface area contributed by atoms with Gasteiger partial charge in [-0.15, -0.1) is 10.2 Å². The van der Waals surface area contributed by atoms with Crippen LogP contribution in [-0.4, -0.2) is 42.5 Å². The molecule has 0 aromatic carbocycles. The summed E-state index contributed by atoms with van der Waals surface area (Å²) in [5.74, 6) is 0.109. The molecule has 17 heavy (non-hydrogen) atoms. The summed E-state index contributed by atoms with van der Waals surface area (Å²) in [7, 11) is 1.30. The van der Waals surface area contributed by atoms with Gasteiger partial charge < -0.3 is 14.8 Å². The molecule has 1 rings (SSSR count). The van der Waals surface area contributed by atoms with Gasteiger partial charge in [-0.25, -0.2) is 4.79 Å². The fourth-order valence-corrected chi connectivity index (χ4v) is 1.11. The predicted molar refractivity (Wildman–Crippen MR) is 62.9 cm³/mol. The van der Waals surface area contributed by atoms with Gasteiger partial charge in [0.05, 0.1) is 19.8 Å². The van der Waals surface area contributed by atoms with Gasteiger partial charge in [0.15, 0.2) is 5.69 Å². The minimum absolute atomic E-state index is 0.191. The number of nitrogens with one attached hydrogen (secondary N) is 1. The Kier molecular flexibility index (Phi) is 5.35. The fraction of sp³-hybridized carbons (Fsp3) is 0.545. The van der Waals surface area contributed by atoms with E-state index in [1.54, 1.807) is 12.1 Å². The van der Waals surface area contributed by atoms with Crippen molar-refractivity contribution < 1.29 is 14.3 Å². The molecule has 0 aliphatic rings. The molecular formula is C11H17N3O3. The van der Waals surface area contributed by atoms with Crippen LogP contribution in [0.3, 0.4) is 0 Å². The maximum Gasteiger partial charge on any atom is 0.358 e. The van der Waals surface area contributed by atoms with Crippen LogP contribution in [0.1, 0.15) is 24.3 Å². The maximum absolute atomic E-state index is 11.1. The monoisotopic (exact) mass is 239 g/mol. The van der Waals surface area contributed by atoms with Crippen LogP contribution in [0, 0.1) is 0 Å². The van der Waals surface area contributed by atoms with Crippen molar-refractivity contribution >= 4 is 11.8 Å². The first-order valence-electron chi connectivity index (χ1n) is 5.41. The van der Waals surface area contributed by atoms with Crippen molar-refractivity contribution in [2.45, 2.75) is 20.0 Å². The second-order valence-electron chi connectivity index (χ2n) is 3.64. The van der Waals surface area contributed by atoms with E-state index in [0.717, 1.165) is 0 Å². The van der Waals surface area contributed by atoms with Gasteiger partial charge >= 0.3 is 5.97 Å². The number of ether oxygens (including phenoxy) is 2. The quantitative estimate of drug-likeness (QED) is 0.592. The van der Waals surface area contributed by atoms with Gasteiger partial charge in [-0.3, -0.25) is 0 Å². The standard InChI is InChI=1S/C11H17N3O3/c1-8(2)17-7-6-12-10-5-4-9(13-14-10)11(15)16-3/h4-5,8H,6-7H2,1-3H3,(H,12,14). The average Bonchev–Trinajstić information content (AvgIpc) is 2.34. The summed E-state index contributed by atoms with van der Waals surface area (Å²) in [5.41, 5.74) is 0.191. The molecule has 0 aliphatic carbocycles. The highest BCUT2D eigenvalue weighted by Gasteiger charge is 2.07. The largest absolute Gasteiger partial charge is 0.464 e. The van der Waals surface area contributed by atoms with E-state index in [1.165, 1.54) is 7.11 Å². The molecule has 0 radical (unpaired) electrons. The number of hydrogen-bond donors (Lipinski definition) is 1. The van der Waals surface area contributed by atoms with Crippen molar-refractivity contribution in [2.75, 3.05) is 25.6 Å². The van der Waals surface area contributed by atoms with Crippen LogP contribution in [0.2, 0.25) is 0 Å². The molecule has 0 bridgehead atoms. The Morgan fingerprint density at radius 1 is 1.41 bits per heavy atom. The zero-order chi connectivity index (χ0) is 12.7. The molecule has 0 atom stereocenters. The van der Waals surface area contributed by atoms with Gasteiger partial charge in [0.1, 0.15) is 5.82 Å². The molecule has 0 saturated heterocycles. The van der Waals surface area contributed by atoms with Crippen LogP contribution >= 0.6 is 0 Å². The summed E-state index contributed by atoms with van der Waals surface area (Å²) in [6.07, 6.45) is 0.213. The van der Waals surface area contributed by atoms with E-state index >= 15 is 0 Å². The first-order valence-corrected chi connectivity index (χ1v) is 5.41. The topological polar surface area (TPSA) is 73.3 Å². The molecule has 6 nitrogen and oxygen atoms in total. The van der Waals surface area contributed by atoms with Crippen LogP contribution in [0.4, 0.5) is 5.82 Å². The second-order valence-corrected chi connectivity index (χ2v) is 3.64. The third kappa shape index (κ3) is 4.78. The molecule has 94 valence electrons. The highest BCUT2D eigenvalue weighted by molar-refractivity contribution is 5.86. The van der Waals surface area contributed by atoms with Crippen LogP contribution in [0.5, 0.6) is 0 Å². The first kappa shape index (κ1) is 13.4. The lowest BCUT2D eigenvalue weighted by Crippen LogP contribution is -2.14. The number of nitrogens with zero attached hydrogens (tertiary/aromatic N) is 2. The van der Waals surface area contributed by atoms with Crippen molar-refractivity contribution in [3.63, 3.8) is 0 Å². The highest BCUT2D eigenvalue weighted by Crippen LogP contribution is 2.02. The Balaban J connectivity index is 2.38. The van der Waals surface area contributed by atoms with E-state index in [2.05, 4.69) is 20.3 Å². The van der Waals surface area contributed by atoms with Crippen LogP contribution in [0.25, 0.3) is 0 Å². The number of aromatic nitrogens is 2. The van der Waals surface area contributed by atoms with Gasteiger partial charge in [0.25, 0.3) is 0 Å². The minimum Gasteiger partial charge on any atom is -0.464 e. The van der Waals surface area contributed by atoms with E-state index in [4.69, 9.17) is 4.74 Å². The maximum atomic E-state index is 11.1. The van der Waals surface area contributed by atoms with Gasteiger partial charge in [0.2, 0.25) is 0 Å². The summed E-state index contributed by atoms with van der Waals surface area (Å²) < 4.78 is 9.88. The Hall–Kier alpha value is -1.69. The Bertz CT molecular complexity index is 351. The molecule has 6 heteroatoms. The number of hydrogen-bond acceptors (Lipinski definition) is 6. The first-order chi connectivity index (χ1) is 8.13. The number of methoxy groups -OCH3 is 1. The molecule has 0 aliphatic heterocycles. The molecule has 1 N–H and O–H groups in total. The Morgan fingerprint density at radius 3 is 2.71 bits per heavy atom. The lowest BCUT2D eigenvalue weighted by atomic mass is 10.4. The normalized spacial score (nSPS) is 10.4. The fourth-order valence-electron chi connectivity index (χ4n) is 1.11. The smallest absolute Gasteiger partial charge is 0.358 e. The van der Waals surface area contributed by atoms with E-state index < -0.39 is 5.97 Å². The molecule has 1 aromatic rings.